The Morgan fingerprint density at radius 2 is 1.25 bits per heavy atom. The zero-order chi connectivity index (χ0) is 4.28. The van der Waals surface area contributed by atoms with Crippen LogP contribution in [0.2, 0.25) is 0 Å². The third-order valence-corrected chi connectivity index (χ3v) is 0.175. The number of hydrogen-bond donors (Lipinski definition) is 2. The fraction of sp³-hybridized carbons (Fsp3) is 0.500. The summed E-state index contributed by atoms with van der Waals surface area (Å²) in [5.41, 5.74) is 4.57. The Kier molecular flexibility index (Phi) is 287. The molecule has 0 rings (SSSR count). The van der Waals surface area contributed by atoms with Gasteiger partial charge in [-0.05, 0) is 0 Å². The average molecular weight is 353 g/mol. The molecule has 0 radical (unpaired) electrons. The molecule has 0 aromatic rings. The summed E-state index contributed by atoms with van der Waals surface area (Å²) in [4.78, 5) is 9.24. The first-order valence-corrected chi connectivity index (χ1v) is 1.19. The summed E-state index contributed by atoms with van der Waals surface area (Å²) in [6.07, 6.45) is 0. The van der Waals surface area contributed by atoms with Gasteiger partial charge in [0.05, 0.1) is 6.54 Å². The molecule has 0 heterocycles. The van der Waals surface area contributed by atoms with Gasteiger partial charge in [-0.2, -0.15) is 0 Å². The van der Waals surface area contributed by atoms with E-state index in [2.05, 4.69) is 5.73 Å². The van der Waals surface area contributed by atoms with Gasteiger partial charge in [0, 0.05) is 0 Å². The predicted molar refractivity (Wildman–Crippen MR) is 26.1 cm³/mol. The van der Waals surface area contributed by atoms with Gasteiger partial charge in [-0.1, -0.05) is 0 Å². The van der Waals surface area contributed by atoms with Crippen molar-refractivity contribution < 1.29 is 91.2 Å². The Balaban J connectivity index is -0.00000000381. The summed E-state index contributed by atoms with van der Waals surface area (Å²) in [7, 11) is 0. The molecule has 0 aromatic heterocycles. The van der Waals surface area contributed by atoms with Crippen LogP contribution in [0.5, 0.6) is 0 Å². The van der Waals surface area contributed by atoms with Gasteiger partial charge in [0.1, 0.15) is 0 Å². The van der Waals surface area contributed by atoms with Crippen molar-refractivity contribution in [2.24, 2.45) is 5.73 Å². The molecule has 0 unspecified atom stereocenters. The van der Waals surface area contributed by atoms with Crippen LogP contribution in [0.1, 0.15) is 0 Å². The zero-order valence-electron chi connectivity index (χ0n) is 5.73. The van der Waals surface area contributed by atoms with Crippen LogP contribution in [0.4, 0.5) is 0 Å². The van der Waals surface area contributed by atoms with E-state index in [-0.39, 0.29) is 105 Å². The van der Waals surface area contributed by atoms with Gasteiger partial charge in [0.25, 0.3) is 0 Å². The molecule has 0 amide bonds. The molecule has 5 N–H and O–H groups in total. The normalized spacial score (nSPS) is 3.08. The quantitative estimate of drug-likeness (QED) is 0.459. The molecule has 0 saturated carbocycles. The van der Waals surface area contributed by atoms with E-state index in [1.54, 1.807) is 0 Å². The molecular weight excluding hydrogens is 346 g/mol. The fourth-order valence-electron chi connectivity index (χ4n) is 0. The van der Waals surface area contributed by atoms with E-state index in [1.165, 1.54) is 0 Å². The van der Waals surface area contributed by atoms with Crippen LogP contribution < -0.4 is 55.4 Å². The van der Waals surface area contributed by atoms with Crippen LogP contribution in [0.15, 0.2) is 0 Å². The van der Waals surface area contributed by atoms with E-state index < -0.39 is 5.97 Å². The molecule has 0 aromatic carbocycles. The van der Waals surface area contributed by atoms with Gasteiger partial charge in [0.15, 0.2) is 0 Å². The summed E-state index contributed by atoms with van der Waals surface area (Å²) in [5, 5.41) is 7.60. The first-order chi connectivity index (χ1) is 2.27. The summed E-state index contributed by atoms with van der Waals surface area (Å²) in [5.74, 6) is -0.968. The molecule has 0 spiro atoms. The number of carboxylic acid groups (broad SMARTS) is 1. The number of rotatable bonds is 1. The Morgan fingerprint density at radius 1 is 1.17 bits per heavy atom. The van der Waals surface area contributed by atoms with Gasteiger partial charge in [-0.3, -0.25) is 4.79 Å². The van der Waals surface area contributed by atoms with Crippen LogP contribution in [0.3, 0.4) is 0 Å². The number of hydrogen-bond acceptors (Lipinski definition) is 2. The molecule has 0 aliphatic heterocycles. The maximum absolute atomic E-state index is 9.24. The van der Waals surface area contributed by atoms with Crippen molar-refractivity contribution in [3.05, 3.63) is 0 Å². The molecular formula is C2H7AlCl4NO3Zr+. The van der Waals surface area contributed by atoms with Crippen LogP contribution in [-0.4, -0.2) is 40.5 Å². The SMILES string of the molecule is NCC(=O)O.O.[Al+3].[Cl-].[Cl-].[Cl-].[Cl-].[Zr+2]. The Hall–Kier alpha value is 1.97. The summed E-state index contributed by atoms with van der Waals surface area (Å²) in [6.45, 7) is -0.278. The molecule has 72 valence electrons. The third-order valence-electron chi connectivity index (χ3n) is 0.175. The van der Waals surface area contributed by atoms with Gasteiger partial charge in [0.2, 0.25) is 0 Å². The van der Waals surface area contributed by atoms with E-state index >= 15 is 0 Å². The van der Waals surface area contributed by atoms with Gasteiger partial charge in [-0.15, -0.1) is 0 Å². The first kappa shape index (κ1) is 66.0. The predicted octanol–water partition coefficient (Wildman–Crippen LogP) is -14.2. The number of carbonyl (C=O) groups is 1. The maximum atomic E-state index is 9.24. The molecule has 0 aliphatic rings. The monoisotopic (exact) mass is 350 g/mol. The van der Waals surface area contributed by atoms with Crippen molar-refractivity contribution in [3.63, 3.8) is 0 Å². The van der Waals surface area contributed by atoms with Gasteiger partial charge < -0.3 is 65.9 Å². The number of nitrogens with two attached hydrogens (primary N) is 1. The molecule has 0 bridgehead atoms. The van der Waals surface area contributed by atoms with Crippen molar-refractivity contribution in [1.29, 1.82) is 0 Å². The fourth-order valence-corrected chi connectivity index (χ4v) is 0. The molecule has 10 heteroatoms. The van der Waals surface area contributed by atoms with E-state index in [0.717, 1.165) is 0 Å². The Labute approximate surface area is 126 Å². The van der Waals surface area contributed by atoms with Gasteiger partial charge in [-0.25, -0.2) is 0 Å². The van der Waals surface area contributed by atoms with E-state index in [0.29, 0.717) is 0 Å². The molecule has 12 heavy (non-hydrogen) atoms. The van der Waals surface area contributed by atoms with E-state index in [9.17, 15) is 4.79 Å². The van der Waals surface area contributed by atoms with Crippen molar-refractivity contribution in [2.45, 2.75) is 0 Å². The zero-order valence-corrected chi connectivity index (χ0v) is 12.4. The van der Waals surface area contributed by atoms with Crippen LogP contribution in [0, 0.1) is 0 Å². The molecule has 0 aliphatic carbocycles. The number of halogens is 4. The molecule has 4 nitrogen and oxygen atoms in total. The van der Waals surface area contributed by atoms with Crippen LogP contribution >= 0.6 is 0 Å². The second-order valence-corrected chi connectivity index (χ2v) is 0.598. The topological polar surface area (TPSA) is 94.8 Å². The largest absolute Gasteiger partial charge is 3.00 e. The second kappa shape index (κ2) is 52.2. The van der Waals surface area contributed by atoms with Crippen molar-refractivity contribution >= 4 is 23.3 Å². The molecule has 0 fully saturated rings. The smallest absolute Gasteiger partial charge is 1.00 e. The van der Waals surface area contributed by atoms with Crippen LogP contribution in [0.25, 0.3) is 0 Å². The van der Waals surface area contributed by atoms with Crippen molar-refractivity contribution in [2.75, 3.05) is 6.54 Å². The minimum absolute atomic E-state index is 0. The standard InChI is InChI=1S/C2H5NO2.Al.4ClH.H2O.Zr/c3-1-2(4)5;;;;;;;/h1,3H2,(H,4,5);;4*1H;1H2;/q;+3;;;;;;+2/p-4. The first-order valence-electron chi connectivity index (χ1n) is 1.19. The Morgan fingerprint density at radius 3 is 1.25 bits per heavy atom. The number of aliphatic carboxylic acids is 1. The van der Waals surface area contributed by atoms with E-state index in [4.69, 9.17) is 5.11 Å². The van der Waals surface area contributed by atoms with E-state index in [1.807, 2.05) is 0 Å². The second-order valence-electron chi connectivity index (χ2n) is 0.598. The summed E-state index contributed by atoms with van der Waals surface area (Å²) < 4.78 is 0. The third kappa shape index (κ3) is 91.5. The molecule has 0 saturated heterocycles. The van der Waals surface area contributed by atoms with Gasteiger partial charge >= 0.3 is 49.5 Å². The summed E-state index contributed by atoms with van der Waals surface area (Å²) >= 11 is 0. The number of carboxylic acids is 1. The molecule has 0 atom stereocenters. The minimum atomic E-state index is -0.968. The van der Waals surface area contributed by atoms with Crippen molar-refractivity contribution in [3.8, 4) is 0 Å². The summed E-state index contributed by atoms with van der Waals surface area (Å²) in [6, 6.07) is 0. The van der Waals surface area contributed by atoms with Crippen molar-refractivity contribution in [1.82, 2.24) is 0 Å². The maximum Gasteiger partial charge on any atom is 3.00 e. The Bertz CT molecular complexity index is 63.6. The van der Waals surface area contributed by atoms with Crippen LogP contribution in [-0.2, 0) is 31.0 Å². The average Bonchev–Trinajstić information content (AvgIpc) is 1.38. The minimum Gasteiger partial charge on any atom is -1.00 e.